The predicted molar refractivity (Wildman–Crippen MR) is 40.6 cm³/mol. The van der Waals surface area contributed by atoms with E-state index in [9.17, 15) is 0 Å². The normalized spacial score (nSPS) is 14.7. The molecule has 0 aromatic heterocycles. The van der Waals surface area contributed by atoms with E-state index in [1.54, 1.807) is 3.88 Å². The summed E-state index contributed by atoms with van der Waals surface area (Å²) >= 11 is 2.22. The van der Waals surface area contributed by atoms with Gasteiger partial charge in [-0.05, 0) is 0 Å². The smallest absolute Gasteiger partial charge is 0.269 e. The fourth-order valence-corrected chi connectivity index (χ4v) is 1.83. The maximum absolute atomic E-state index is 2.25. The fraction of sp³-hybridized carbons (Fsp3) is 0.500. The van der Waals surface area contributed by atoms with Crippen molar-refractivity contribution in [3.63, 3.8) is 0 Å². The van der Waals surface area contributed by atoms with Crippen LogP contribution in [0.3, 0.4) is 0 Å². The van der Waals surface area contributed by atoms with Gasteiger partial charge in [0.25, 0.3) is 0 Å². The third-order valence-electron chi connectivity index (χ3n) is 1.59. The molecule has 0 radical (unpaired) electrons. The third kappa shape index (κ3) is 3.30. The van der Waals surface area contributed by atoms with Crippen molar-refractivity contribution in [2.75, 3.05) is 0 Å². The molecule has 0 aromatic rings. The Hall–Kier alpha value is 0.0543. The molecule has 0 nitrogen and oxygen atoms in total. The van der Waals surface area contributed by atoms with Crippen LogP contribution < -0.4 is 0 Å². The maximum atomic E-state index is 2.25. The van der Waals surface area contributed by atoms with Crippen LogP contribution in [0.1, 0.15) is 20.3 Å². The zero-order valence-corrected chi connectivity index (χ0v) is 8.32. The SMILES string of the molecule is CC(C)C1=[C]([Ti])CC=C1.F.F. The summed E-state index contributed by atoms with van der Waals surface area (Å²) in [6, 6.07) is 0. The number of allylic oxidation sites excluding steroid dienone is 4. The molecule has 0 unspecified atom stereocenters. The van der Waals surface area contributed by atoms with E-state index in [2.05, 4.69) is 46.4 Å². The second-order valence-electron chi connectivity index (χ2n) is 2.70. The van der Waals surface area contributed by atoms with E-state index < -0.39 is 0 Å². The molecule has 0 saturated carbocycles. The summed E-state index contributed by atoms with van der Waals surface area (Å²) in [5.74, 6) is 0.712. The molecule has 0 heterocycles. The number of hydrogen-bond acceptors (Lipinski definition) is 0. The topological polar surface area (TPSA) is 0 Å². The average Bonchev–Trinajstić information content (AvgIpc) is 2.13. The van der Waals surface area contributed by atoms with E-state index in [4.69, 9.17) is 0 Å². The molecule has 11 heavy (non-hydrogen) atoms. The molecular weight excluding hydrogens is 182 g/mol. The summed E-state index contributed by atoms with van der Waals surface area (Å²) in [7, 11) is 0. The zero-order valence-electron chi connectivity index (χ0n) is 6.76. The summed E-state index contributed by atoms with van der Waals surface area (Å²) in [4.78, 5) is 0. The molecule has 0 aromatic carbocycles. The monoisotopic (exact) mass is 195 g/mol. The van der Waals surface area contributed by atoms with Gasteiger partial charge in [0, 0.05) is 0 Å². The predicted octanol–water partition coefficient (Wildman–Crippen LogP) is 2.71. The van der Waals surface area contributed by atoms with Crippen LogP contribution in [0.4, 0.5) is 9.41 Å². The van der Waals surface area contributed by atoms with E-state index in [1.807, 2.05) is 0 Å². The minimum atomic E-state index is 0. The third-order valence-corrected chi connectivity index (χ3v) is 2.36. The average molecular weight is 195 g/mol. The second-order valence-corrected chi connectivity index (χ2v) is 3.64. The number of rotatable bonds is 1. The van der Waals surface area contributed by atoms with Crippen molar-refractivity contribution in [2.24, 2.45) is 5.92 Å². The van der Waals surface area contributed by atoms with Crippen molar-refractivity contribution >= 4 is 0 Å². The van der Waals surface area contributed by atoms with Crippen molar-refractivity contribution in [2.45, 2.75) is 20.3 Å². The van der Waals surface area contributed by atoms with Gasteiger partial charge < -0.3 is 0 Å². The largest absolute Gasteiger partial charge is 0.269 e. The molecule has 1 aliphatic rings. The van der Waals surface area contributed by atoms with Crippen molar-refractivity contribution < 1.29 is 29.8 Å². The number of hydrogen-bond donors (Lipinski definition) is 0. The molecule has 63 valence electrons. The Balaban J connectivity index is 0. The van der Waals surface area contributed by atoms with Gasteiger partial charge in [-0.3, -0.25) is 9.41 Å². The first-order valence-electron chi connectivity index (χ1n) is 3.33. The Morgan fingerprint density at radius 1 is 1.36 bits per heavy atom. The van der Waals surface area contributed by atoms with Gasteiger partial charge in [-0.25, -0.2) is 0 Å². The summed E-state index contributed by atoms with van der Waals surface area (Å²) < 4.78 is 1.55. The van der Waals surface area contributed by atoms with Gasteiger partial charge >= 0.3 is 68.2 Å². The molecule has 0 N–H and O–H groups in total. The zero-order chi connectivity index (χ0) is 6.85. The quantitative estimate of drug-likeness (QED) is 0.564. The molecule has 0 amide bonds. The van der Waals surface area contributed by atoms with Gasteiger partial charge in [0.2, 0.25) is 0 Å². The van der Waals surface area contributed by atoms with Crippen LogP contribution in [0.5, 0.6) is 0 Å². The molecule has 0 aliphatic heterocycles. The van der Waals surface area contributed by atoms with Crippen LogP contribution in [-0.4, -0.2) is 0 Å². The van der Waals surface area contributed by atoms with E-state index in [0.717, 1.165) is 0 Å². The van der Waals surface area contributed by atoms with E-state index in [0.29, 0.717) is 5.92 Å². The van der Waals surface area contributed by atoms with Gasteiger partial charge in [0.1, 0.15) is 0 Å². The molecule has 3 heteroatoms. The van der Waals surface area contributed by atoms with E-state index >= 15 is 0 Å². The van der Waals surface area contributed by atoms with Gasteiger partial charge in [-0.2, -0.15) is 0 Å². The minimum absolute atomic E-state index is 0. The maximum Gasteiger partial charge on any atom is -0.269 e. The molecule has 0 spiro atoms. The Morgan fingerprint density at radius 2 is 1.91 bits per heavy atom. The van der Waals surface area contributed by atoms with Crippen LogP contribution in [0, 0.1) is 5.92 Å². The van der Waals surface area contributed by atoms with Crippen LogP contribution >= 0.6 is 0 Å². The summed E-state index contributed by atoms with van der Waals surface area (Å²) in [5.41, 5.74) is 1.54. The van der Waals surface area contributed by atoms with Crippen LogP contribution in [0.25, 0.3) is 0 Å². The fourth-order valence-electron chi connectivity index (χ4n) is 1.06. The number of halogens is 2. The Bertz CT molecular complexity index is 171. The first kappa shape index (κ1) is 13.6. The van der Waals surface area contributed by atoms with Gasteiger partial charge in [0.05, 0.1) is 0 Å². The summed E-state index contributed by atoms with van der Waals surface area (Å²) in [5, 5.41) is 0. The van der Waals surface area contributed by atoms with Crippen LogP contribution in [0.2, 0.25) is 0 Å². The molecule has 1 rings (SSSR count). The second kappa shape index (κ2) is 5.67. The van der Waals surface area contributed by atoms with Crippen molar-refractivity contribution in [1.82, 2.24) is 0 Å². The van der Waals surface area contributed by atoms with Gasteiger partial charge in [0.15, 0.2) is 0 Å². The van der Waals surface area contributed by atoms with Crippen molar-refractivity contribution in [3.8, 4) is 0 Å². The van der Waals surface area contributed by atoms with E-state index in [1.165, 1.54) is 12.0 Å². The Labute approximate surface area is 77.9 Å². The molecule has 1 aliphatic carbocycles. The first-order chi connectivity index (χ1) is 4.22. The molecule has 0 saturated heterocycles. The molecule has 0 bridgehead atoms. The van der Waals surface area contributed by atoms with Crippen LogP contribution in [-0.2, 0) is 20.4 Å². The molecular formula is C8H13F2Ti. The first-order valence-corrected chi connectivity index (χ1v) is 4.11. The molecule has 0 atom stereocenters. The van der Waals surface area contributed by atoms with Crippen molar-refractivity contribution in [3.05, 3.63) is 21.6 Å². The van der Waals surface area contributed by atoms with Gasteiger partial charge in [-0.1, -0.05) is 0 Å². The standard InChI is InChI=1S/C8H11.2FH.Ti/c1-7(2)8-5-3-4-6-8;;;/h3,5,7H,4H2,1-2H3;2*1H;. The minimum Gasteiger partial charge on any atom is -0.269 e. The Kier molecular flexibility index (Phi) is 7.03. The summed E-state index contributed by atoms with van der Waals surface area (Å²) in [6.45, 7) is 4.49. The molecule has 0 fully saturated rings. The summed E-state index contributed by atoms with van der Waals surface area (Å²) in [6.07, 6.45) is 5.66. The Morgan fingerprint density at radius 3 is 2.09 bits per heavy atom. The van der Waals surface area contributed by atoms with Gasteiger partial charge in [-0.15, -0.1) is 0 Å². The van der Waals surface area contributed by atoms with Crippen LogP contribution in [0.15, 0.2) is 21.6 Å². The van der Waals surface area contributed by atoms with Crippen molar-refractivity contribution in [1.29, 1.82) is 0 Å². The van der Waals surface area contributed by atoms with E-state index in [-0.39, 0.29) is 9.41 Å².